The summed E-state index contributed by atoms with van der Waals surface area (Å²) in [5.74, 6) is -0.843. The zero-order chi connectivity index (χ0) is 20.1. The van der Waals surface area contributed by atoms with Crippen molar-refractivity contribution in [1.82, 2.24) is 30.5 Å². The lowest BCUT2D eigenvalue weighted by atomic mass is 10.1. The Hall–Kier alpha value is -4.07. The van der Waals surface area contributed by atoms with Gasteiger partial charge in [0.25, 0.3) is 5.91 Å². The van der Waals surface area contributed by atoms with Gasteiger partial charge in [0.15, 0.2) is 0 Å². The van der Waals surface area contributed by atoms with E-state index in [0.29, 0.717) is 23.5 Å². The molecule has 0 aromatic carbocycles. The van der Waals surface area contributed by atoms with Gasteiger partial charge < -0.3 is 5.32 Å². The Kier molecular flexibility index (Phi) is 5.24. The van der Waals surface area contributed by atoms with E-state index in [1.165, 1.54) is 12.3 Å². The van der Waals surface area contributed by atoms with Crippen LogP contribution in [0.5, 0.6) is 0 Å². The molecule has 0 saturated heterocycles. The molecule has 4 aromatic rings. The van der Waals surface area contributed by atoms with E-state index >= 15 is 0 Å². The molecule has 0 unspecified atom stereocenters. The molecule has 0 bridgehead atoms. The highest BCUT2D eigenvalue weighted by molar-refractivity contribution is 5.92. The molecule has 0 spiro atoms. The van der Waals surface area contributed by atoms with Gasteiger partial charge in [0.05, 0.1) is 18.1 Å². The van der Waals surface area contributed by atoms with Crippen molar-refractivity contribution in [3.8, 4) is 22.4 Å². The number of halogens is 1. The minimum atomic E-state index is -0.556. The van der Waals surface area contributed by atoms with Gasteiger partial charge in [0.2, 0.25) is 5.95 Å². The lowest BCUT2D eigenvalue weighted by molar-refractivity contribution is 0.0946. The smallest absolute Gasteiger partial charge is 0.270 e. The monoisotopic (exact) mass is 386 g/mol. The normalized spacial score (nSPS) is 10.5. The number of hydrogen-bond donors (Lipinski definition) is 1. The number of aromatic nitrogens is 5. The van der Waals surface area contributed by atoms with E-state index < -0.39 is 5.95 Å². The van der Waals surface area contributed by atoms with Crippen molar-refractivity contribution in [2.75, 3.05) is 0 Å². The molecule has 4 heterocycles. The second-order valence-corrected chi connectivity index (χ2v) is 6.16. The summed E-state index contributed by atoms with van der Waals surface area (Å²) in [4.78, 5) is 24.4. The lowest BCUT2D eigenvalue weighted by Crippen LogP contribution is -2.23. The molecule has 0 aliphatic heterocycles. The van der Waals surface area contributed by atoms with Crippen molar-refractivity contribution in [2.24, 2.45) is 0 Å². The molecule has 0 fully saturated rings. The van der Waals surface area contributed by atoms with Crippen molar-refractivity contribution in [2.45, 2.75) is 6.54 Å². The van der Waals surface area contributed by atoms with Crippen LogP contribution in [0.15, 0.2) is 73.4 Å². The molecule has 0 saturated carbocycles. The Bertz CT molecular complexity index is 1120. The fraction of sp³-hybridized carbons (Fsp3) is 0.0476. The minimum absolute atomic E-state index is 0.287. The van der Waals surface area contributed by atoms with Gasteiger partial charge in [0.1, 0.15) is 5.69 Å². The third-order valence-electron chi connectivity index (χ3n) is 4.21. The topological polar surface area (TPSA) is 93.6 Å². The molecule has 1 amide bonds. The quantitative estimate of drug-likeness (QED) is 0.530. The predicted molar refractivity (Wildman–Crippen MR) is 104 cm³/mol. The Labute approximate surface area is 165 Å². The van der Waals surface area contributed by atoms with Crippen LogP contribution in [0.3, 0.4) is 0 Å². The molecule has 8 heteroatoms. The summed E-state index contributed by atoms with van der Waals surface area (Å²) < 4.78 is 13.2. The van der Waals surface area contributed by atoms with Crippen LogP contribution in [0.4, 0.5) is 4.39 Å². The maximum absolute atomic E-state index is 13.2. The number of hydrogen-bond acceptors (Lipinski definition) is 6. The van der Waals surface area contributed by atoms with Gasteiger partial charge in [-0.05, 0) is 29.8 Å². The van der Waals surface area contributed by atoms with Gasteiger partial charge in [-0.2, -0.15) is 14.6 Å². The van der Waals surface area contributed by atoms with Crippen LogP contribution >= 0.6 is 0 Å². The van der Waals surface area contributed by atoms with E-state index in [-0.39, 0.29) is 5.91 Å². The summed E-state index contributed by atoms with van der Waals surface area (Å²) in [7, 11) is 0. The Morgan fingerprint density at radius 1 is 0.828 bits per heavy atom. The van der Waals surface area contributed by atoms with Crippen LogP contribution in [0.25, 0.3) is 22.4 Å². The highest BCUT2D eigenvalue weighted by atomic mass is 19.1. The number of carbonyl (C=O) groups is 1. The summed E-state index contributed by atoms with van der Waals surface area (Å²) in [6, 6.07) is 11.9. The molecular formula is C21H15FN6O. The largest absolute Gasteiger partial charge is 0.347 e. The molecule has 142 valence electrons. The van der Waals surface area contributed by atoms with Crippen LogP contribution in [-0.4, -0.2) is 31.1 Å². The standard InChI is InChI=1S/C21H15FN6O/c22-20-9-15(5-7-23-20)18-3-1-14(10-24-18)11-26-21(29)19-4-2-16(12-25-19)17-6-8-27-28-13-17/h1-10,12-13H,11H2,(H,26,29). The molecule has 1 N–H and O–H groups in total. The summed E-state index contributed by atoms with van der Waals surface area (Å²) in [5.41, 5.74) is 4.12. The average molecular weight is 386 g/mol. The van der Waals surface area contributed by atoms with Crippen LogP contribution in [0, 0.1) is 5.95 Å². The first-order chi connectivity index (χ1) is 14.2. The maximum atomic E-state index is 13.2. The van der Waals surface area contributed by atoms with E-state index in [9.17, 15) is 9.18 Å². The zero-order valence-corrected chi connectivity index (χ0v) is 15.2. The van der Waals surface area contributed by atoms with Gasteiger partial charge in [-0.3, -0.25) is 14.8 Å². The summed E-state index contributed by atoms with van der Waals surface area (Å²) in [6.07, 6.45) is 7.88. The highest BCUT2D eigenvalue weighted by Gasteiger charge is 2.08. The van der Waals surface area contributed by atoms with E-state index in [4.69, 9.17) is 0 Å². The van der Waals surface area contributed by atoms with Crippen molar-refractivity contribution in [1.29, 1.82) is 0 Å². The summed E-state index contributed by atoms with van der Waals surface area (Å²) >= 11 is 0. The van der Waals surface area contributed by atoms with Crippen LogP contribution in [-0.2, 0) is 6.54 Å². The first-order valence-electron chi connectivity index (χ1n) is 8.77. The molecule has 0 aliphatic carbocycles. The first kappa shape index (κ1) is 18.3. The highest BCUT2D eigenvalue weighted by Crippen LogP contribution is 2.18. The number of rotatable bonds is 5. The second kappa shape index (κ2) is 8.30. The first-order valence-corrected chi connectivity index (χ1v) is 8.77. The average Bonchev–Trinajstić information content (AvgIpc) is 2.78. The van der Waals surface area contributed by atoms with E-state index in [1.54, 1.807) is 43.0 Å². The molecule has 0 atom stereocenters. The number of nitrogens with one attached hydrogen (secondary N) is 1. The number of nitrogens with zero attached hydrogens (tertiary/aromatic N) is 5. The zero-order valence-electron chi connectivity index (χ0n) is 15.2. The molecular weight excluding hydrogens is 371 g/mol. The van der Waals surface area contributed by atoms with Crippen molar-refractivity contribution < 1.29 is 9.18 Å². The van der Waals surface area contributed by atoms with E-state index in [0.717, 1.165) is 16.7 Å². The number of pyridine rings is 3. The Morgan fingerprint density at radius 2 is 1.69 bits per heavy atom. The second-order valence-electron chi connectivity index (χ2n) is 6.16. The molecule has 7 nitrogen and oxygen atoms in total. The van der Waals surface area contributed by atoms with E-state index in [1.807, 2.05) is 18.2 Å². The maximum Gasteiger partial charge on any atom is 0.270 e. The van der Waals surface area contributed by atoms with Gasteiger partial charge in [-0.1, -0.05) is 12.1 Å². The fourth-order valence-corrected chi connectivity index (χ4v) is 2.69. The fourth-order valence-electron chi connectivity index (χ4n) is 2.69. The molecule has 4 aromatic heterocycles. The SMILES string of the molecule is O=C(NCc1ccc(-c2ccnc(F)c2)nc1)c1ccc(-c2ccnnc2)cn1. The summed E-state index contributed by atoms with van der Waals surface area (Å²) in [6.45, 7) is 0.300. The van der Waals surface area contributed by atoms with Crippen molar-refractivity contribution in [3.63, 3.8) is 0 Å². The third-order valence-corrected chi connectivity index (χ3v) is 4.21. The Morgan fingerprint density at radius 3 is 2.38 bits per heavy atom. The molecule has 4 rings (SSSR count). The third kappa shape index (κ3) is 4.44. The summed E-state index contributed by atoms with van der Waals surface area (Å²) in [5, 5.41) is 10.4. The molecule has 29 heavy (non-hydrogen) atoms. The van der Waals surface area contributed by atoms with Crippen LogP contribution in [0.2, 0.25) is 0 Å². The van der Waals surface area contributed by atoms with Gasteiger partial charge in [-0.15, -0.1) is 0 Å². The lowest BCUT2D eigenvalue weighted by Gasteiger charge is -2.07. The Balaban J connectivity index is 1.38. The van der Waals surface area contributed by atoms with Gasteiger partial charge >= 0.3 is 0 Å². The molecule has 0 radical (unpaired) electrons. The van der Waals surface area contributed by atoms with Gasteiger partial charge in [0, 0.05) is 47.9 Å². The van der Waals surface area contributed by atoms with Crippen LogP contribution in [0.1, 0.15) is 16.1 Å². The molecule has 0 aliphatic rings. The van der Waals surface area contributed by atoms with Crippen molar-refractivity contribution >= 4 is 5.91 Å². The minimum Gasteiger partial charge on any atom is -0.347 e. The van der Waals surface area contributed by atoms with Crippen LogP contribution < -0.4 is 5.32 Å². The van der Waals surface area contributed by atoms with E-state index in [2.05, 4.69) is 30.5 Å². The van der Waals surface area contributed by atoms with Crippen molar-refractivity contribution in [3.05, 3.63) is 90.7 Å². The predicted octanol–water partition coefficient (Wildman–Crippen LogP) is 3.06. The number of carbonyl (C=O) groups excluding carboxylic acids is 1. The number of amides is 1. The van der Waals surface area contributed by atoms with Gasteiger partial charge in [-0.25, -0.2) is 4.98 Å².